The Morgan fingerprint density at radius 3 is 2.55 bits per heavy atom. The van der Waals surface area contributed by atoms with E-state index in [-0.39, 0.29) is 23.8 Å². The molecule has 2 aliphatic rings. The Labute approximate surface area is 129 Å². The van der Waals surface area contributed by atoms with Gasteiger partial charge in [-0.2, -0.15) is 5.10 Å². The van der Waals surface area contributed by atoms with Crippen molar-refractivity contribution in [2.24, 2.45) is 30.7 Å². The first-order valence-corrected chi connectivity index (χ1v) is 7.60. The van der Waals surface area contributed by atoms with Crippen molar-refractivity contribution in [2.75, 3.05) is 0 Å². The van der Waals surface area contributed by atoms with Gasteiger partial charge in [0, 0.05) is 18.3 Å². The molecule has 0 aliphatic heterocycles. The summed E-state index contributed by atoms with van der Waals surface area (Å²) in [5.74, 6) is -2.06. The number of aromatic nitrogens is 2. The van der Waals surface area contributed by atoms with E-state index in [9.17, 15) is 14.7 Å². The van der Waals surface area contributed by atoms with Gasteiger partial charge in [-0.15, -0.1) is 0 Å². The number of carboxylic acid groups (broad SMARTS) is 1. The second kappa shape index (κ2) is 5.26. The number of hydrogen-bond donors (Lipinski definition) is 2. The molecule has 0 unspecified atom stereocenters. The summed E-state index contributed by atoms with van der Waals surface area (Å²) in [6.07, 6.45) is 6.46. The molecule has 0 aromatic carbocycles. The summed E-state index contributed by atoms with van der Waals surface area (Å²) in [6, 6.07) is -0.182. The maximum atomic E-state index is 12.6. The Bertz CT molecular complexity index is 649. The summed E-state index contributed by atoms with van der Waals surface area (Å²) in [5, 5.41) is 16.6. The molecule has 1 fully saturated rings. The quantitative estimate of drug-likeness (QED) is 0.824. The lowest BCUT2D eigenvalue weighted by Gasteiger charge is -2.25. The minimum Gasteiger partial charge on any atom is -0.481 e. The van der Waals surface area contributed by atoms with Gasteiger partial charge in [0.25, 0.3) is 0 Å². The Balaban J connectivity index is 1.75. The molecule has 2 N–H and O–H groups in total. The number of carbonyl (C=O) groups excluding carboxylic acids is 1. The lowest BCUT2D eigenvalue weighted by molar-refractivity contribution is -0.148. The van der Waals surface area contributed by atoms with Crippen molar-refractivity contribution < 1.29 is 14.7 Å². The number of nitrogens with zero attached hydrogens (tertiary/aromatic N) is 2. The lowest BCUT2D eigenvalue weighted by atomic mass is 9.82. The molecule has 3 rings (SSSR count). The number of aryl methyl sites for hydroxylation is 1. The minimum atomic E-state index is -0.873. The summed E-state index contributed by atoms with van der Waals surface area (Å²) >= 11 is 0. The van der Waals surface area contributed by atoms with E-state index in [1.165, 1.54) is 0 Å². The molecular formula is C16H21N3O3. The van der Waals surface area contributed by atoms with E-state index in [0.717, 1.165) is 17.7 Å². The number of hydrogen-bond acceptors (Lipinski definition) is 3. The van der Waals surface area contributed by atoms with Gasteiger partial charge in [0.2, 0.25) is 5.91 Å². The van der Waals surface area contributed by atoms with Crippen molar-refractivity contribution in [1.82, 2.24) is 15.1 Å². The van der Waals surface area contributed by atoms with Crippen molar-refractivity contribution in [3.8, 4) is 0 Å². The smallest absolute Gasteiger partial charge is 0.307 e. The van der Waals surface area contributed by atoms with Crippen LogP contribution in [0.15, 0.2) is 18.3 Å². The normalized spacial score (nSPS) is 30.5. The predicted molar refractivity (Wildman–Crippen MR) is 79.9 cm³/mol. The van der Waals surface area contributed by atoms with Crippen LogP contribution in [-0.2, 0) is 16.6 Å². The van der Waals surface area contributed by atoms with Crippen LogP contribution in [0.1, 0.15) is 30.6 Å². The molecule has 1 aromatic rings. The molecule has 1 amide bonds. The molecule has 22 heavy (non-hydrogen) atoms. The number of nitrogens with one attached hydrogen (secondary N) is 1. The van der Waals surface area contributed by atoms with Crippen LogP contribution >= 0.6 is 0 Å². The van der Waals surface area contributed by atoms with Crippen molar-refractivity contribution in [3.05, 3.63) is 29.6 Å². The summed E-state index contributed by atoms with van der Waals surface area (Å²) in [4.78, 5) is 24.1. The number of amides is 1. The summed E-state index contributed by atoms with van der Waals surface area (Å²) < 4.78 is 1.76. The highest BCUT2D eigenvalue weighted by atomic mass is 16.4. The fourth-order valence-electron chi connectivity index (χ4n) is 3.84. The van der Waals surface area contributed by atoms with Crippen molar-refractivity contribution in [3.63, 3.8) is 0 Å². The maximum absolute atomic E-state index is 12.6. The van der Waals surface area contributed by atoms with Gasteiger partial charge in [-0.25, -0.2) is 0 Å². The number of rotatable bonds is 4. The number of fused-ring (bicyclic) bond motifs is 2. The largest absolute Gasteiger partial charge is 0.481 e. The molecule has 0 radical (unpaired) electrons. The second-order valence-electron chi connectivity index (χ2n) is 6.38. The molecule has 1 saturated carbocycles. The molecule has 0 spiro atoms. The zero-order valence-corrected chi connectivity index (χ0v) is 13.0. The Morgan fingerprint density at radius 1 is 1.36 bits per heavy atom. The van der Waals surface area contributed by atoms with Gasteiger partial charge in [-0.1, -0.05) is 12.2 Å². The first-order chi connectivity index (χ1) is 10.4. The van der Waals surface area contributed by atoms with Crippen molar-refractivity contribution in [2.45, 2.75) is 26.3 Å². The third kappa shape index (κ3) is 2.23. The highest BCUT2D eigenvalue weighted by Crippen LogP contribution is 2.48. The average Bonchev–Trinajstić information content (AvgIpc) is 3.14. The number of carboxylic acids is 1. The number of carbonyl (C=O) groups is 2. The third-order valence-electron chi connectivity index (χ3n) is 5.15. The topological polar surface area (TPSA) is 84.2 Å². The van der Waals surface area contributed by atoms with Gasteiger partial charge in [0.05, 0.1) is 24.1 Å². The molecule has 0 saturated heterocycles. The summed E-state index contributed by atoms with van der Waals surface area (Å²) in [5.41, 5.74) is 1.96. The second-order valence-corrected chi connectivity index (χ2v) is 6.38. The van der Waals surface area contributed by atoms with E-state index >= 15 is 0 Å². The average molecular weight is 303 g/mol. The lowest BCUT2D eigenvalue weighted by Crippen LogP contribution is -2.41. The van der Waals surface area contributed by atoms with Crippen LogP contribution in [0.4, 0.5) is 0 Å². The van der Waals surface area contributed by atoms with Gasteiger partial charge in [-0.05, 0) is 32.1 Å². The van der Waals surface area contributed by atoms with E-state index < -0.39 is 17.8 Å². The van der Waals surface area contributed by atoms with E-state index in [1.807, 2.05) is 33.0 Å². The van der Waals surface area contributed by atoms with Crippen LogP contribution in [0.3, 0.4) is 0 Å². The van der Waals surface area contributed by atoms with Gasteiger partial charge < -0.3 is 10.4 Å². The first kappa shape index (κ1) is 14.8. The Hall–Kier alpha value is -2.11. The SMILES string of the molecule is Cc1c([C@H](C)NC(=O)[C@H]2[C@H](C(=O)O)[C@H]3C=C[C@H]2C3)cnn1C. The molecule has 6 nitrogen and oxygen atoms in total. The first-order valence-electron chi connectivity index (χ1n) is 7.60. The maximum Gasteiger partial charge on any atom is 0.307 e. The van der Waals surface area contributed by atoms with Crippen LogP contribution in [-0.4, -0.2) is 26.8 Å². The van der Waals surface area contributed by atoms with Gasteiger partial charge >= 0.3 is 5.97 Å². The van der Waals surface area contributed by atoms with Gasteiger partial charge in [0.15, 0.2) is 0 Å². The number of allylic oxidation sites excluding steroid dienone is 2. The summed E-state index contributed by atoms with van der Waals surface area (Å²) in [6.45, 7) is 3.85. The molecule has 1 aromatic heterocycles. The Kier molecular flexibility index (Phi) is 3.54. The fraction of sp³-hybridized carbons (Fsp3) is 0.562. The third-order valence-corrected chi connectivity index (χ3v) is 5.15. The van der Waals surface area contributed by atoms with Gasteiger partial charge in [0.1, 0.15) is 0 Å². The van der Waals surface area contributed by atoms with E-state index in [0.29, 0.717) is 0 Å². The number of aliphatic carboxylic acids is 1. The molecule has 2 aliphatic carbocycles. The monoisotopic (exact) mass is 303 g/mol. The van der Waals surface area contributed by atoms with Crippen LogP contribution < -0.4 is 5.32 Å². The zero-order chi connectivity index (χ0) is 16.0. The van der Waals surface area contributed by atoms with E-state index in [2.05, 4.69) is 10.4 Å². The zero-order valence-electron chi connectivity index (χ0n) is 13.0. The van der Waals surface area contributed by atoms with Crippen LogP contribution in [0.5, 0.6) is 0 Å². The van der Waals surface area contributed by atoms with E-state index in [4.69, 9.17) is 0 Å². The minimum absolute atomic E-state index is 0.00585. The molecule has 6 heteroatoms. The summed E-state index contributed by atoms with van der Waals surface area (Å²) in [7, 11) is 1.86. The van der Waals surface area contributed by atoms with Gasteiger partial charge in [-0.3, -0.25) is 14.3 Å². The molecular weight excluding hydrogens is 282 g/mol. The van der Waals surface area contributed by atoms with Crippen molar-refractivity contribution in [1.29, 1.82) is 0 Å². The molecule has 1 heterocycles. The van der Waals surface area contributed by atoms with Crippen molar-refractivity contribution >= 4 is 11.9 Å². The predicted octanol–water partition coefficient (Wildman–Crippen LogP) is 1.43. The molecule has 5 atom stereocenters. The highest BCUT2D eigenvalue weighted by Gasteiger charge is 2.51. The van der Waals surface area contributed by atoms with Crippen LogP contribution in [0.25, 0.3) is 0 Å². The molecule has 2 bridgehead atoms. The fourth-order valence-corrected chi connectivity index (χ4v) is 3.84. The van der Waals surface area contributed by atoms with Crippen LogP contribution in [0, 0.1) is 30.6 Å². The Morgan fingerprint density at radius 2 is 2.00 bits per heavy atom. The molecule has 118 valence electrons. The highest BCUT2D eigenvalue weighted by molar-refractivity contribution is 5.87. The standard InChI is InChI=1S/C16H21N3O3/c1-8(12-7-17-19(3)9(12)2)18-15(20)13-10-4-5-11(6-10)14(13)16(21)22/h4-5,7-8,10-11,13-14H,6H2,1-3H3,(H,18,20)(H,21,22)/t8-,10-,11-,13+,14+/m0/s1. The van der Waals surface area contributed by atoms with E-state index in [1.54, 1.807) is 10.9 Å². The van der Waals surface area contributed by atoms with Crippen LogP contribution in [0.2, 0.25) is 0 Å².